The number of hydrogen-bond donors (Lipinski definition) is 2. The molecule has 1 aliphatic carbocycles. The molecule has 0 bridgehead atoms. The van der Waals surface area contributed by atoms with Crippen LogP contribution in [0, 0.1) is 5.92 Å². The van der Waals surface area contributed by atoms with Crippen LogP contribution >= 0.6 is 22.9 Å². The summed E-state index contributed by atoms with van der Waals surface area (Å²) in [5, 5.41) is 7.71. The molecule has 2 N–H and O–H groups in total. The Hall–Kier alpha value is -2.38. The SMILES string of the molecule is CCOC(=O)c1c(NC(=O)N/N=C\c2ccccc2Cl)sc2c1CC[C@H](C)C2. The van der Waals surface area contributed by atoms with Gasteiger partial charge in [-0.3, -0.25) is 5.32 Å². The number of halogens is 1. The van der Waals surface area contributed by atoms with Crippen LogP contribution in [-0.2, 0) is 17.6 Å². The molecular formula is C20H22ClN3O3S. The van der Waals surface area contributed by atoms with Crippen molar-refractivity contribution in [2.45, 2.75) is 33.1 Å². The van der Waals surface area contributed by atoms with Gasteiger partial charge >= 0.3 is 12.0 Å². The van der Waals surface area contributed by atoms with Crippen LogP contribution in [0.4, 0.5) is 9.80 Å². The molecule has 0 saturated carbocycles. The van der Waals surface area contributed by atoms with E-state index in [1.807, 2.05) is 12.1 Å². The number of benzene rings is 1. The second-order valence-electron chi connectivity index (χ2n) is 6.62. The maximum Gasteiger partial charge on any atom is 0.341 e. The van der Waals surface area contributed by atoms with Gasteiger partial charge in [0.25, 0.3) is 0 Å². The first-order chi connectivity index (χ1) is 13.5. The lowest BCUT2D eigenvalue weighted by Crippen LogP contribution is -2.25. The van der Waals surface area contributed by atoms with Gasteiger partial charge in [-0.15, -0.1) is 11.3 Å². The van der Waals surface area contributed by atoms with Crippen LogP contribution in [0.5, 0.6) is 0 Å². The van der Waals surface area contributed by atoms with E-state index in [2.05, 4.69) is 22.8 Å². The minimum Gasteiger partial charge on any atom is -0.462 e. The number of amides is 2. The van der Waals surface area contributed by atoms with Gasteiger partial charge in [0.1, 0.15) is 5.00 Å². The average Bonchev–Trinajstić information content (AvgIpc) is 3.00. The van der Waals surface area contributed by atoms with Crippen molar-refractivity contribution in [2.24, 2.45) is 11.0 Å². The number of hydrazone groups is 1. The van der Waals surface area contributed by atoms with Gasteiger partial charge in [-0.1, -0.05) is 36.7 Å². The van der Waals surface area contributed by atoms with Gasteiger partial charge in [0, 0.05) is 15.5 Å². The maximum absolute atomic E-state index is 12.5. The molecule has 3 rings (SSSR count). The van der Waals surface area contributed by atoms with E-state index >= 15 is 0 Å². The van der Waals surface area contributed by atoms with E-state index in [4.69, 9.17) is 16.3 Å². The Morgan fingerprint density at radius 1 is 1.39 bits per heavy atom. The van der Waals surface area contributed by atoms with Crippen LogP contribution in [0.2, 0.25) is 5.02 Å². The van der Waals surface area contributed by atoms with E-state index in [1.54, 1.807) is 19.1 Å². The van der Waals surface area contributed by atoms with Crippen LogP contribution in [0.15, 0.2) is 29.4 Å². The summed E-state index contributed by atoms with van der Waals surface area (Å²) < 4.78 is 5.21. The van der Waals surface area contributed by atoms with Crippen molar-refractivity contribution in [2.75, 3.05) is 11.9 Å². The van der Waals surface area contributed by atoms with Gasteiger partial charge in [0.2, 0.25) is 0 Å². The van der Waals surface area contributed by atoms with E-state index < -0.39 is 12.0 Å². The van der Waals surface area contributed by atoms with Crippen LogP contribution in [0.1, 0.15) is 46.6 Å². The first-order valence-corrected chi connectivity index (χ1v) is 10.3. The molecule has 1 heterocycles. The number of hydrogen-bond acceptors (Lipinski definition) is 5. The average molecular weight is 420 g/mol. The summed E-state index contributed by atoms with van der Waals surface area (Å²) in [6, 6.07) is 6.65. The van der Waals surface area contributed by atoms with Crippen LogP contribution in [-0.4, -0.2) is 24.8 Å². The molecule has 28 heavy (non-hydrogen) atoms. The highest BCUT2D eigenvalue weighted by molar-refractivity contribution is 7.17. The fourth-order valence-corrected chi connectivity index (χ4v) is 4.71. The minimum atomic E-state index is -0.527. The molecule has 1 aromatic heterocycles. The fraction of sp³-hybridized carbons (Fsp3) is 0.350. The van der Waals surface area contributed by atoms with Gasteiger partial charge in [-0.25, -0.2) is 15.0 Å². The molecule has 0 spiro atoms. The Bertz CT molecular complexity index is 910. The van der Waals surface area contributed by atoms with Crippen molar-refractivity contribution in [3.8, 4) is 0 Å². The Morgan fingerprint density at radius 3 is 2.93 bits per heavy atom. The molecule has 0 saturated heterocycles. The summed E-state index contributed by atoms with van der Waals surface area (Å²) in [4.78, 5) is 25.9. The highest BCUT2D eigenvalue weighted by atomic mass is 35.5. The lowest BCUT2D eigenvalue weighted by molar-refractivity contribution is 0.0526. The summed E-state index contributed by atoms with van der Waals surface area (Å²) in [6.07, 6.45) is 4.20. The number of anilines is 1. The van der Waals surface area contributed by atoms with Crippen LogP contribution in [0.25, 0.3) is 0 Å². The molecular weight excluding hydrogens is 398 g/mol. The zero-order chi connectivity index (χ0) is 20.1. The quantitative estimate of drug-likeness (QED) is 0.412. The molecule has 0 unspecified atom stereocenters. The predicted octanol–water partition coefficient (Wildman–Crippen LogP) is 4.86. The Kier molecular flexibility index (Phi) is 6.70. The zero-order valence-electron chi connectivity index (χ0n) is 15.8. The van der Waals surface area contributed by atoms with E-state index in [1.165, 1.54) is 17.6 Å². The summed E-state index contributed by atoms with van der Waals surface area (Å²) in [5.41, 5.74) is 4.57. The summed E-state index contributed by atoms with van der Waals surface area (Å²) in [6.45, 7) is 4.24. The van der Waals surface area contributed by atoms with E-state index in [9.17, 15) is 9.59 Å². The highest BCUT2D eigenvalue weighted by Gasteiger charge is 2.29. The van der Waals surface area contributed by atoms with Crippen molar-refractivity contribution in [3.63, 3.8) is 0 Å². The third-order valence-corrected chi connectivity index (χ3v) is 6.01. The van der Waals surface area contributed by atoms with Gasteiger partial charge in [-0.05, 0) is 43.7 Å². The number of thiophene rings is 1. The largest absolute Gasteiger partial charge is 0.462 e. The summed E-state index contributed by atoms with van der Waals surface area (Å²) in [7, 11) is 0. The standard InChI is InChI=1S/C20H22ClN3O3S/c1-3-27-19(25)17-14-9-8-12(2)10-16(14)28-18(17)23-20(26)24-22-11-13-6-4-5-7-15(13)21/h4-7,11-12H,3,8-10H2,1-2H3,(H2,23,24,26)/b22-11-/t12-/m0/s1. The van der Waals surface area contributed by atoms with E-state index in [0.29, 0.717) is 27.1 Å². The predicted molar refractivity (Wildman–Crippen MR) is 113 cm³/mol. The molecule has 2 amide bonds. The number of urea groups is 1. The van der Waals surface area contributed by atoms with Crippen LogP contribution in [0.3, 0.4) is 0 Å². The molecule has 0 aliphatic heterocycles. The number of ether oxygens (including phenoxy) is 1. The molecule has 6 nitrogen and oxygen atoms in total. The van der Waals surface area contributed by atoms with Crippen molar-refractivity contribution >= 4 is 46.2 Å². The van der Waals surface area contributed by atoms with E-state index in [-0.39, 0.29) is 6.61 Å². The topological polar surface area (TPSA) is 79.8 Å². The van der Waals surface area contributed by atoms with E-state index in [0.717, 1.165) is 29.7 Å². The maximum atomic E-state index is 12.5. The molecule has 0 radical (unpaired) electrons. The number of carbonyl (C=O) groups is 2. The van der Waals surface area contributed by atoms with Crippen molar-refractivity contribution in [1.29, 1.82) is 0 Å². The zero-order valence-corrected chi connectivity index (χ0v) is 17.3. The monoisotopic (exact) mass is 419 g/mol. The number of nitrogens with one attached hydrogen (secondary N) is 2. The van der Waals surface area contributed by atoms with Crippen molar-refractivity contribution in [3.05, 3.63) is 50.9 Å². The number of esters is 1. The summed E-state index contributed by atoms with van der Waals surface area (Å²) in [5.74, 6) is 0.160. The Labute approximate surface area is 172 Å². The van der Waals surface area contributed by atoms with Gasteiger partial charge in [-0.2, -0.15) is 5.10 Å². The minimum absolute atomic E-state index is 0.285. The lowest BCUT2D eigenvalue weighted by Gasteiger charge is -2.18. The second-order valence-corrected chi connectivity index (χ2v) is 8.13. The number of nitrogens with zero attached hydrogens (tertiary/aromatic N) is 1. The normalized spacial score (nSPS) is 15.9. The fourth-order valence-electron chi connectivity index (χ4n) is 3.13. The molecule has 1 atom stereocenters. The summed E-state index contributed by atoms with van der Waals surface area (Å²) >= 11 is 7.49. The first kappa shape index (κ1) is 20.4. The smallest absolute Gasteiger partial charge is 0.341 e. The van der Waals surface area contributed by atoms with Gasteiger partial charge in [0.05, 0.1) is 18.4 Å². The third kappa shape index (κ3) is 4.72. The molecule has 1 aliphatic rings. The van der Waals surface area contributed by atoms with Crippen LogP contribution < -0.4 is 10.7 Å². The Balaban J connectivity index is 1.74. The van der Waals surface area contributed by atoms with Gasteiger partial charge < -0.3 is 4.74 Å². The van der Waals surface area contributed by atoms with Gasteiger partial charge in [0.15, 0.2) is 0 Å². The Morgan fingerprint density at radius 2 is 2.18 bits per heavy atom. The van der Waals surface area contributed by atoms with Crippen molar-refractivity contribution < 1.29 is 14.3 Å². The molecule has 1 aromatic carbocycles. The number of rotatable bonds is 5. The highest BCUT2D eigenvalue weighted by Crippen LogP contribution is 2.40. The molecule has 0 fully saturated rings. The number of fused-ring (bicyclic) bond motifs is 1. The lowest BCUT2D eigenvalue weighted by atomic mass is 9.88. The first-order valence-electron chi connectivity index (χ1n) is 9.15. The third-order valence-electron chi connectivity index (χ3n) is 4.49. The number of carbonyl (C=O) groups excluding carboxylic acids is 2. The molecule has 8 heteroatoms. The molecule has 2 aromatic rings. The molecule has 148 valence electrons. The van der Waals surface area contributed by atoms with Crippen molar-refractivity contribution in [1.82, 2.24) is 5.43 Å². The second kappa shape index (κ2) is 9.21.